The molecule has 0 amide bonds. The van der Waals surface area contributed by atoms with Gasteiger partial charge in [-0.2, -0.15) is 0 Å². The number of benzene rings is 2. The Balaban J connectivity index is 1.72. The average Bonchev–Trinajstić information content (AvgIpc) is 2.98. The van der Waals surface area contributed by atoms with Gasteiger partial charge in [0.25, 0.3) is 0 Å². The first-order valence-corrected chi connectivity index (χ1v) is 9.80. The molecule has 0 radical (unpaired) electrons. The van der Waals surface area contributed by atoms with Gasteiger partial charge in [0.15, 0.2) is 5.78 Å². The lowest BCUT2D eigenvalue weighted by atomic mass is 9.82. The molecule has 0 aliphatic carbocycles. The molecule has 2 aromatic carbocycles. The largest absolute Gasteiger partial charge is 0.347 e. The van der Waals surface area contributed by atoms with Gasteiger partial charge in [-0.3, -0.25) is 4.79 Å². The lowest BCUT2D eigenvalue weighted by Gasteiger charge is -2.25. The molecule has 0 aromatic heterocycles. The quantitative estimate of drug-likeness (QED) is 0.679. The minimum atomic E-state index is -0.195. The molecule has 144 valence electrons. The van der Waals surface area contributed by atoms with Crippen molar-refractivity contribution in [3.05, 3.63) is 83.2 Å². The minimum Gasteiger partial charge on any atom is -0.347 e. The molecule has 2 aromatic rings. The zero-order chi connectivity index (χ0) is 20.3. The predicted molar refractivity (Wildman–Crippen MR) is 117 cm³/mol. The van der Waals surface area contributed by atoms with E-state index in [0.717, 1.165) is 11.4 Å². The smallest absolute Gasteiger partial charge is 0.182 e. The van der Waals surface area contributed by atoms with Crippen molar-refractivity contribution in [2.45, 2.75) is 38.5 Å². The van der Waals surface area contributed by atoms with Crippen LogP contribution in [0.15, 0.2) is 72.1 Å². The van der Waals surface area contributed by atoms with Gasteiger partial charge in [-0.15, -0.1) is 0 Å². The van der Waals surface area contributed by atoms with Gasteiger partial charge in [0.05, 0.1) is 0 Å². The molecular formula is C25H28N2O. The monoisotopic (exact) mass is 372 g/mol. The van der Waals surface area contributed by atoms with E-state index in [1.165, 1.54) is 22.5 Å². The fourth-order valence-corrected chi connectivity index (χ4v) is 4.83. The third-order valence-electron chi connectivity index (χ3n) is 6.44. The summed E-state index contributed by atoms with van der Waals surface area (Å²) in [5.74, 6) is 0.0328. The van der Waals surface area contributed by atoms with Crippen molar-refractivity contribution in [3.63, 3.8) is 0 Å². The Morgan fingerprint density at radius 2 is 1.07 bits per heavy atom. The van der Waals surface area contributed by atoms with E-state index >= 15 is 0 Å². The van der Waals surface area contributed by atoms with Gasteiger partial charge in [0.1, 0.15) is 0 Å². The van der Waals surface area contributed by atoms with Crippen molar-refractivity contribution >= 4 is 17.2 Å². The van der Waals surface area contributed by atoms with Crippen LogP contribution in [0.2, 0.25) is 0 Å². The van der Waals surface area contributed by atoms with Crippen LogP contribution in [-0.2, 0) is 15.6 Å². The van der Waals surface area contributed by atoms with Gasteiger partial charge in [-0.1, -0.05) is 64.1 Å². The Bertz CT molecular complexity index is 945. The van der Waals surface area contributed by atoms with E-state index in [4.69, 9.17) is 0 Å². The van der Waals surface area contributed by atoms with Crippen LogP contribution in [0.4, 0.5) is 11.4 Å². The van der Waals surface area contributed by atoms with Crippen LogP contribution in [-0.4, -0.2) is 19.9 Å². The van der Waals surface area contributed by atoms with Crippen LogP contribution >= 0.6 is 0 Å². The first kappa shape index (κ1) is 18.5. The minimum absolute atomic E-state index is 0.0328. The third kappa shape index (κ3) is 2.53. The van der Waals surface area contributed by atoms with E-state index in [0.29, 0.717) is 0 Å². The third-order valence-corrected chi connectivity index (χ3v) is 6.44. The molecule has 2 aliphatic rings. The Morgan fingerprint density at radius 3 is 1.43 bits per heavy atom. The lowest BCUT2D eigenvalue weighted by molar-refractivity contribution is -0.110. The van der Waals surface area contributed by atoms with E-state index in [2.05, 4.69) is 73.9 Å². The van der Waals surface area contributed by atoms with Gasteiger partial charge >= 0.3 is 0 Å². The molecular weight excluding hydrogens is 344 g/mol. The van der Waals surface area contributed by atoms with Crippen LogP contribution in [0, 0.1) is 0 Å². The number of hydrogen-bond acceptors (Lipinski definition) is 3. The molecule has 3 nitrogen and oxygen atoms in total. The summed E-state index contributed by atoms with van der Waals surface area (Å²) in [5.41, 5.74) is 6.54. The summed E-state index contributed by atoms with van der Waals surface area (Å²) >= 11 is 0. The molecule has 0 saturated carbocycles. The maximum Gasteiger partial charge on any atom is 0.182 e. The number of para-hydroxylation sites is 2. The summed E-state index contributed by atoms with van der Waals surface area (Å²) in [4.78, 5) is 17.4. The molecule has 0 fully saturated rings. The molecule has 2 aliphatic heterocycles. The molecule has 0 atom stereocenters. The van der Waals surface area contributed by atoms with E-state index in [-0.39, 0.29) is 16.6 Å². The van der Waals surface area contributed by atoms with Crippen molar-refractivity contribution in [2.75, 3.05) is 23.9 Å². The number of anilines is 2. The van der Waals surface area contributed by atoms with Crippen LogP contribution in [0.1, 0.15) is 38.8 Å². The molecule has 2 heterocycles. The number of likely N-dealkylation sites (N-methyl/N-ethyl adjacent to an activating group) is 2. The van der Waals surface area contributed by atoms with Gasteiger partial charge in [-0.05, 0) is 23.3 Å². The summed E-state index contributed by atoms with van der Waals surface area (Å²) in [6.07, 6.45) is 3.61. The van der Waals surface area contributed by atoms with Crippen molar-refractivity contribution in [2.24, 2.45) is 0 Å². The molecule has 4 rings (SSSR count). The fourth-order valence-electron chi connectivity index (χ4n) is 4.83. The SMILES string of the molecule is CN1C(=CC(=O)C=C2N(C)c3ccccc3C2(C)C)C(C)(C)c2ccccc21. The number of rotatable bonds is 2. The molecule has 0 unspecified atom stereocenters. The van der Waals surface area contributed by atoms with Crippen molar-refractivity contribution in [1.82, 2.24) is 0 Å². The van der Waals surface area contributed by atoms with Gasteiger partial charge in [0, 0.05) is 59.8 Å². The van der Waals surface area contributed by atoms with E-state index < -0.39 is 0 Å². The highest BCUT2D eigenvalue weighted by Gasteiger charge is 2.40. The number of allylic oxidation sites excluding steroid dienone is 4. The van der Waals surface area contributed by atoms with Gasteiger partial charge in [-0.25, -0.2) is 0 Å². The van der Waals surface area contributed by atoms with Crippen molar-refractivity contribution in [3.8, 4) is 0 Å². The summed E-state index contributed by atoms with van der Waals surface area (Å²) in [6, 6.07) is 16.8. The highest BCUT2D eigenvalue weighted by atomic mass is 16.1. The number of fused-ring (bicyclic) bond motifs is 2. The van der Waals surface area contributed by atoms with E-state index in [1.54, 1.807) is 12.2 Å². The van der Waals surface area contributed by atoms with E-state index in [1.807, 2.05) is 26.2 Å². The van der Waals surface area contributed by atoms with Crippen molar-refractivity contribution in [1.29, 1.82) is 0 Å². The normalized spacial score (nSPS) is 21.9. The standard InChI is InChI=1S/C25H28N2O/c1-24(2)18-11-7-9-13-20(18)26(5)22(24)15-17(28)16-23-25(3,4)19-12-8-10-14-21(19)27(23)6/h7-16H,1-6H3. The van der Waals surface area contributed by atoms with Crippen molar-refractivity contribution < 1.29 is 4.79 Å². The van der Waals surface area contributed by atoms with E-state index in [9.17, 15) is 4.79 Å². The zero-order valence-electron chi connectivity index (χ0n) is 17.6. The Morgan fingerprint density at radius 1 is 0.714 bits per heavy atom. The maximum atomic E-state index is 13.1. The van der Waals surface area contributed by atoms with Crippen LogP contribution in [0.25, 0.3) is 0 Å². The van der Waals surface area contributed by atoms with Gasteiger partial charge in [0.2, 0.25) is 0 Å². The summed E-state index contributed by atoms with van der Waals surface area (Å²) in [5, 5.41) is 0. The summed E-state index contributed by atoms with van der Waals surface area (Å²) in [6.45, 7) is 8.73. The highest BCUT2D eigenvalue weighted by Crippen LogP contribution is 2.48. The number of carbonyl (C=O) groups is 1. The molecule has 0 saturated heterocycles. The number of carbonyl (C=O) groups excluding carboxylic acids is 1. The maximum absolute atomic E-state index is 13.1. The Kier molecular flexibility index (Phi) is 4.04. The predicted octanol–water partition coefficient (Wildman–Crippen LogP) is 5.18. The highest BCUT2D eigenvalue weighted by molar-refractivity contribution is 6.02. The summed E-state index contributed by atoms with van der Waals surface area (Å²) < 4.78 is 0. The van der Waals surface area contributed by atoms with Crippen LogP contribution < -0.4 is 9.80 Å². The van der Waals surface area contributed by atoms with Gasteiger partial charge < -0.3 is 9.80 Å². The molecule has 0 N–H and O–H groups in total. The molecule has 0 bridgehead atoms. The van der Waals surface area contributed by atoms with Crippen LogP contribution in [0.3, 0.4) is 0 Å². The van der Waals surface area contributed by atoms with Crippen LogP contribution in [0.5, 0.6) is 0 Å². The number of ketones is 1. The average molecular weight is 373 g/mol. The molecule has 0 spiro atoms. The first-order chi connectivity index (χ1) is 13.2. The lowest BCUT2D eigenvalue weighted by Crippen LogP contribution is -2.25. The molecule has 28 heavy (non-hydrogen) atoms. The second kappa shape index (κ2) is 6.10. The zero-order valence-corrected chi connectivity index (χ0v) is 17.6. The first-order valence-electron chi connectivity index (χ1n) is 9.80. The summed E-state index contributed by atoms with van der Waals surface area (Å²) in [7, 11) is 4.09. The number of nitrogens with zero attached hydrogens (tertiary/aromatic N) is 2. The number of hydrogen-bond donors (Lipinski definition) is 0. The second-order valence-corrected chi connectivity index (χ2v) is 8.86. The topological polar surface area (TPSA) is 23.6 Å². The Labute approximate surface area is 168 Å². The fraction of sp³-hybridized carbons (Fsp3) is 0.320. The molecule has 3 heteroatoms. The second-order valence-electron chi connectivity index (χ2n) is 8.86. The Hall–Kier alpha value is -2.81.